The first kappa shape index (κ1) is 17.3. The molecule has 0 radical (unpaired) electrons. The fraction of sp³-hybridized carbons (Fsp3) is 0.250. The summed E-state index contributed by atoms with van der Waals surface area (Å²) in [6.45, 7) is 3.06. The molecule has 0 spiro atoms. The van der Waals surface area contributed by atoms with Crippen LogP contribution >= 0.6 is 11.3 Å². The minimum Gasteiger partial charge on any atom is -0.497 e. The Bertz CT molecular complexity index is 746. The maximum atomic E-state index is 5.27. The molecule has 1 N–H and O–H groups in total. The molecule has 3 rings (SSSR count). The molecule has 0 unspecified atom stereocenters. The molecular weight excluding hydrogens is 332 g/mol. The van der Waals surface area contributed by atoms with Gasteiger partial charge in [0.1, 0.15) is 11.5 Å². The van der Waals surface area contributed by atoms with Gasteiger partial charge in [-0.15, -0.1) is 0 Å². The van der Waals surface area contributed by atoms with E-state index < -0.39 is 0 Å². The average Bonchev–Trinajstić information content (AvgIpc) is 3.10. The Kier molecular flexibility index (Phi) is 5.56. The van der Waals surface area contributed by atoms with Crippen molar-refractivity contribution in [3.63, 3.8) is 0 Å². The number of hydrogen-bond donors (Lipinski definition) is 1. The lowest BCUT2D eigenvalue weighted by Crippen LogP contribution is -1.98. The van der Waals surface area contributed by atoms with Crippen LogP contribution in [-0.4, -0.2) is 25.7 Å². The van der Waals surface area contributed by atoms with Gasteiger partial charge in [0.2, 0.25) is 0 Å². The van der Waals surface area contributed by atoms with Crippen molar-refractivity contribution in [2.45, 2.75) is 13.3 Å². The molecule has 0 fully saturated rings. The summed E-state index contributed by atoms with van der Waals surface area (Å²) < 4.78 is 10.5. The van der Waals surface area contributed by atoms with E-state index in [0.717, 1.165) is 51.3 Å². The normalized spacial score (nSPS) is 10.5. The molecule has 0 atom stereocenters. The lowest BCUT2D eigenvalue weighted by molar-refractivity contribution is 0.414. The highest BCUT2D eigenvalue weighted by Crippen LogP contribution is 2.39. The van der Waals surface area contributed by atoms with E-state index in [-0.39, 0.29) is 0 Å². The molecule has 3 aromatic rings. The van der Waals surface area contributed by atoms with Crippen LogP contribution in [0.5, 0.6) is 11.5 Å². The van der Waals surface area contributed by atoms with Gasteiger partial charge >= 0.3 is 0 Å². The fourth-order valence-electron chi connectivity index (χ4n) is 2.51. The minimum atomic E-state index is 0.842. The first-order valence-electron chi connectivity index (χ1n) is 8.28. The Balaban J connectivity index is 2.02. The minimum absolute atomic E-state index is 0.842. The summed E-state index contributed by atoms with van der Waals surface area (Å²) in [7, 11) is 3.35. The molecule has 4 nitrogen and oxygen atoms in total. The highest BCUT2D eigenvalue weighted by molar-refractivity contribution is 7.19. The largest absolute Gasteiger partial charge is 0.497 e. The number of nitrogens with zero attached hydrogens (tertiary/aromatic N) is 1. The fourth-order valence-corrected chi connectivity index (χ4v) is 3.53. The standard InChI is InChI=1S/C20H22N2O2S/c1-4-13-21-20-22-18(14-5-9-16(23-2)10-6-14)19(25-20)15-7-11-17(24-3)12-8-15/h5-12H,4,13H2,1-3H3,(H,21,22). The van der Waals surface area contributed by atoms with Crippen molar-refractivity contribution in [2.24, 2.45) is 0 Å². The van der Waals surface area contributed by atoms with Crippen molar-refractivity contribution in [2.75, 3.05) is 26.1 Å². The van der Waals surface area contributed by atoms with Gasteiger partial charge in [-0.2, -0.15) is 0 Å². The van der Waals surface area contributed by atoms with Crippen molar-refractivity contribution in [3.05, 3.63) is 48.5 Å². The number of thiazole rings is 1. The number of aromatic nitrogens is 1. The Labute approximate surface area is 152 Å². The van der Waals surface area contributed by atoms with E-state index in [1.165, 1.54) is 0 Å². The summed E-state index contributed by atoms with van der Waals surface area (Å²) in [4.78, 5) is 5.97. The third kappa shape index (κ3) is 3.94. The van der Waals surface area contributed by atoms with Gasteiger partial charge in [0.05, 0.1) is 24.8 Å². The molecule has 0 aliphatic heterocycles. The molecular formula is C20H22N2O2S. The second-order valence-electron chi connectivity index (χ2n) is 5.58. The summed E-state index contributed by atoms with van der Waals surface area (Å²) in [5.74, 6) is 1.69. The molecule has 25 heavy (non-hydrogen) atoms. The van der Waals surface area contributed by atoms with Crippen molar-refractivity contribution >= 4 is 16.5 Å². The first-order chi connectivity index (χ1) is 12.2. The molecule has 2 aromatic carbocycles. The quantitative estimate of drug-likeness (QED) is 0.624. The van der Waals surface area contributed by atoms with E-state index in [2.05, 4.69) is 24.4 Å². The molecule has 0 bridgehead atoms. The summed E-state index contributed by atoms with van der Waals surface area (Å²) in [6, 6.07) is 16.1. The van der Waals surface area contributed by atoms with Crippen LogP contribution in [0.25, 0.3) is 21.7 Å². The topological polar surface area (TPSA) is 43.4 Å². The van der Waals surface area contributed by atoms with Crippen LogP contribution in [0.15, 0.2) is 48.5 Å². The number of ether oxygens (including phenoxy) is 2. The van der Waals surface area contributed by atoms with Crippen LogP contribution in [-0.2, 0) is 0 Å². The predicted octanol–water partition coefficient (Wildman–Crippen LogP) is 5.32. The third-order valence-electron chi connectivity index (χ3n) is 3.87. The Hall–Kier alpha value is -2.53. The van der Waals surface area contributed by atoms with Crippen LogP contribution < -0.4 is 14.8 Å². The lowest BCUT2D eigenvalue weighted by atomic mass is 10.1. The van der Waals surface area contributed by atoms with Gasteiger partial charge in [-0.1, -0.05) is 18.3 Å². The number of anilines is 1. The molecule has 0 amide bonds. The zero-order valence-corrected chi connectivity index (χ0v) is 15.5. The van der Waals surface area contributed by atoms with E-state index in [9.17, 15) is 0 Å². The van der Waals surface area contributed by atoms with Gasteiger partial charge in [0.25, 0.3) is 0 Å². The molecule has 1 aromatic heterocycles. The first-order valence-corrected chi connectivity index (χ1v) is 9.10. The highest BCUT2D eigenvalue weighted by atomic mass is 32.1. The highest BCUT2D eigenvalue weighted by Gasteiger charge is 2.15. The smallest absolute Gasteiger partial charge is 0.183 e. The van der Waals surface area contributed by atoms with Crippen LogP contribution in [0.4, 0.5) is 5.13 Å². The predicted molar refractivity (Wildman–Crippen MR) is 105 cm³/mol. The van der Waals surface area contributed by atoms with Crippen molar-refractivity contribution in [1.82, 2.24) is 4.98 Å². The van der Waals surface area contributed by atoms with Gasteiger partial charge in [0.15, 0.2) is 5.13 Å². The number of hydrogen-bond acceptors (Lipinski definition) is 5. The zero-order chi connectivity index (χ0) is 17.6. The van der Waals surface area contributed by atoms with Crippen molar-refractivity contribution < 1.29 is 9.47 Å². The van der Waals surface area contributed by atoms with E-state index in [1.54, 1.807) is 25.6 Å². The number of benzene rings is 2. The van der Waals surface area contributed by atoms with Crippen molar-refractivity contribution in [1.29, 1.82) is 0 Å². The maximum Gasteiger partial charge on any atom is 0.183 e. The van der Waals surface area contributed by atoms with Crippen LogP contribution in [0.2, 0.25) is 0 Å². The summed E-state index contributed by atoms with van der Waals surface area (Å²) in [5.41, 5.74) is 3.19. The number of nitrogens with one attached hydrogen (secondary N) is 1. The lowest BCUT2D eigenvalue weighted by Gasteiger charge is -2.05. The summed E-state index contributed by atoms with van der Waals surface area (Å²) >= 11 is 1.68. The SMILES string of the molecule is CCCNc1nc(-c2ccc(OC)cc2)c(-c2ccc(OC)cc2)s1. The molecule has 130 valence electrons. The third-order valence-corrected chi connectivity index (χ3v) is 4.93. The molecule has 0 saturated heterocycles. The van der Waals surface area contributed by atoms with Gasteiger partial charge in [0, 0.05) is 12.1 Å². The second-order valence-corrected chi connectivity index (χ2v) is 6.58. The molecule has 1 heterocycles. The molecule has 0 saturated carbocycles. The van der Waals surface area contributed by atoms with Crippen LogP contribution in [0, 0.1) is 0 Å². The monoisotopic (exact) mass is 354 g/mol. The Morgan fingerprint density at radius 1 is 0.880 bits per heavy atom. The zero-order valence-electron chi connectivity index (χ0n) is 14.7. The van der Waals surface area contributed by atoms with E-state index in [4.69, 9.17) is 14.5 Å². The summed E-state index contributed by atoms with van der Waals surface area (Å²) in [5, 5.41) is 4.34. The van der Waals surface area contributed by atoms with Gasteiger partial charge in [-0.05, 0) is 60.5 Å². The molecule has 0 aliphatic rings. The van der Waals surface area contributed by atoms with E-state index in [1.807, 2.05) is 36.4 Å². The van der Waals surface area contributed by atoms with Gasteiger partial charge in [-0.25, -0.2) is 4.98 Å². The average molecular weight is 354 g/mol. The Morgan fingerprint density at radius 2 is 1.44 bits per heavy atom. The second kappa shape index (κ2) is 8.03. The molecule has 5 heteroatoms. The Morgan fingerprint density at radius 3 is 1.96 bits per heavy atom. The van der Waals surface area contributed by atoms with Crippen LogP contribution in [0.1, 0.15) is 13.3 Å². The summed E-state index contributed by atoms with van der Waals surface area (Å²) in [6.07, 6.45) is 1.06. The number of rotatable bonds is 7. The van der Waals surface area contributed by atoms with Gasteiger partial charge < -0.3 is 14.8 Å². The van der Waals surface area contributed by atoms with E-state index >= 15 is 0 Å². The molecule has 0 aliphatic carbocycles. The van der Waals surface area contributed by atoms with E-state index in [0.29, 0.717) is 0 Å². The van der Waals surface area contributed by atoms with Crippen LogP contribution in [0.3, 0.4) is 0 Å². The number of methoxy groups -OCH3 is 2. The van der Waals surface area contributed by atoms with Crippen molar-refractivity contribution in [3.8, 4) is 33.2 Å². The maximum absolute atomic E-state index is 5.27. The van der Waals surface area contributed by atoms with Gasteiger partial charge in [-0.3, -0.25) is 0 Å².